The summed E-state index contributed by atoms with van der Waals surface area (Å²) in [5.41, 5.74) is 4.48. The van der Waals surface area contributed by atoms with Crippen molar-refractivity contribution in [3.63, 3.8) is 0 Å². The Morgan fingerprint density at radius 2 is 1.69 bits per heavy atom. The number of aliphatic hydroxyl groups excluding tert-OH is 1. The van der Waals surface area contributed by atoms with Gasteiger partial charge >= 0.3 is 0 Å². The van der Waals surface area contributed by atoms with Gasteiger partial charge in [0.25, 0.3) is 0 Å². The van der Waals surface area contributed by atoms with Crippen LogP contribution in [-0.2, 0) is 22.1 Å². The van der Waals surface area contributed by atoms with E-state index in [0.717, 1.165) is 17.4 Å². The standard InChI is InChI=1S/C25H29N3O3S/c1-28-24(19-12-14-22(15-13-19)27-32(2,30)31)26-18-20-8-6-7-11-23(20)25(28,16-17-29)21-9-4-3-5-10-21/h3-15,24,26-27,29H,16-18H2,1-2H3. The van der Waals surface area contributed by atoms with Gasteiger partial charge in [0.15, 0.2) is 0 Å². The summed E-state index contributed by atoms with van der Waals surface area (Å²) in [5, 5.41) is 13.8. The Morgan fingerprint density at radius 3 is 2.34 bits per heavy atom. The van der Waals surface area contributed by atoms with Crippen LogP contribution in [0.3, 0.4) is 0 Å². The number of rotatable bonds is 6. The third-order valence-corrected chi connectivity index (χ3v) is 6.80. The quantitative estimate of drug-likeness (QED) is 0.535. The second-order valence-electron chi connectivity index (χ2n) is 8.25. The van der Waals surface area contributed by atoms with Gasteiger partial charge in [-0.25, -0.2) is 8.42 Å². The lowest BCUT2D eigenvalue weighted by atomic mass is 9.77. The zero-order valence-electron chi connectivity index (χ0n) is 18.3. The summed E-state index contributed by atoms with van der Waals surface area (Å²) in [7, 11) is -1.26. The van der Waals surface area contributed by atoms with E-state index in [2.05, 4.69) is 46.3 Å². The lowest BCUT2D eigenvalue weighted by Gasteiger charge is -2.45. The molecule has 6 nitrogen and oxygen atoms in total. The van der Waals surface area contributed by atoms with E-state index in [1.54, 1.807) is 12.1 Å². The van der Waals surface area contributed by atoms with Gasteiger partial charge in [-0.2, -0.15) is 0 Å². The number of sulfonamides is 1. The Hall–Kier alpha value is -2.71. The van der Waals surface area contributed by atoms with Crippen LogP contribution in [-0.4, -0.2) is 38.3 Å². The Bertz CT molecular complexity index is 1170. The Kier molecular flexibility index (Phi) is 6.35. The van der Waals surface area contributed by atoms with E-state index >= 15 is 0 Å². The highest BCUT2D eigenvalue weighted by Crippen LogP contribution is 2.45. The van der Waals surface area contributed by atoms with Crippen LogP contribution in [0, 0.1) is 0 Å². The van der Waals surface area contributed by atoms with Crippen LogP contribution >= 0.6 is 0 Å². The van der Waals surface area contributed by atoms with Gasteiger partial charge in [-0.05, 0) is 47.9 Å². The van der Waals surface area contributed by atoms with Gasteiger partial charge in [-0.1, -0.05) is 66.7 Å². The molecule has 0 saturated carbocycles. The lowest BCUT2D eigenvalue weighted by Crippen LogP contribution is -2.49. The first kappa shape index (κ1) is 22.5. The number of hydrogen-bond donors (Lipinski definition) is 3. The van der Waals surface area contributed by atoms with Crippen LogP contribution < -0.4 is 10.0 Å². The molecule has 32 heavy (non-hydrogen) atoms. The minimum absolute atomic E-state index is 0.0392. The zero-order valence-corrected chi connectivity index (χ0v) is 19.1. The van der Waals surface area contributed by atoms with Gasteiger partial charge in [0, 0.05) is 18.8 Å². The molecular formula is C25H29N3O3S. The summed E-state index contributed by atoms with van der Waals surface area (Å²) in [6, 6.07) is 26.1. The van der Waals surface area contributed by atoms with Crippen LogP contribution in [0.5, 0.6) is 0 Å². The highest BCUT2D eigenvalue weighted by molar-refractivity contribution is 7.92. The summed E-state index contributed by atoms with van der Waals surface area (Å²) >= 11 is 0. The van der Waals surface area contributed by atoms with Crippen molar-refractivity contribution >= 4 is 15.7 Å². The second-order valence-corrected chi connectivity index (χ2v) is 10.00. The van der Waals surface area contributed by atoms with Crippen LogP contribution in [0.4, 0.5) is 5.69 Å². The van der Waals surface area contributed by atoms with E-state index in [0.29, 0.717) is 18.7 Å². The van der Waals surface area contributed by atoms with Crippen LogP contribution in [0.2, 0.25) is 0 Å². The molecule has 3 aromatic rings. The second kappa shape index (κ2) is 9.03. The number of benzene rings is 3. The first-order valence-electron chi connectivity index (χ1n) is 10.6. The largest absolute Gasteiger partial charge is 0.396 e. The fourth-order valence-electron chi connectivity index (χ4n) is 4.81. The zero-order chi connectivity index (χ0) is 22.8. The Morgan fingerprint density at radius 1 is 1.03 bits per heavy atom. The molecular weight excluding hydrogens is 422 g/mol. The summed E-state index contributed by atoms with van der Waals surface area (Å²) in [4.78, 5) is 2.28. The van der Waals surface area contributed by atoms with Crippen molar-refractivity contribution in [1.82, 2.24) is 10.2 Å². The fraction of sp³-hybridized carbons (Fsp3) is 0.280. The number of nitrogens with zero attached hydrogens (tertiary/aromatic N) is 1. The molecule has 4 rings (SSSR count). The van der Waals surface area contributed by atoms with Gasteiger partial charge in [0.2, 0.25) is 10.0 Å². The molecule has 1 aliphatic heterocycles. The van der Waals surface area contributed by atoms with Crippen LogP contribution in [0.15, 0.2) is 78.9 Å². The van der Waals surface area contributed by atoms with E-state index in [-0.39, 0.29) is 12.8 Å². The normalized spacial score (nSPS) is 21.5. The summed E-state index contributed by atoms with van der Waals surface area (Å²) in [6.07, 6.45) is 1.53. The highest BCUT2D eigenvalue weighted by Gasteiger charge is 2.44. The molecule has 168 valence electrons. The van der Waals surface area contributed by atoms with E-state index in [9.17, 15) is 13.5 Å². The topological polar surface area (TPSA) is 81.7 Å². The van der Waals surface area contributed by atoms with Crippen molar-refractivity contribution in [3.05, 3.63) is 101 Å². The van der Waals surface area contributed by atoms with Gasteiger partial charge < -0.3 is 5.11 Å². The van der Waals surface area contributed by atoms with E-state index in [1.807, 2.05) is 42.5 Å². The first-order chi connectivity index (χ1) is 15.3. The molecule has 0 radical (unpaired) electrons. The Labute approximate surface area is 190 Å². The van der Waals surface area contributed by atoms with Crippen molar-refractivity contribution in [1.29, 1.82) is 0 Å². The van der Waals surface area contributed by atoms with Crippen molar-refractivity contribution in [2.75, 3.05) is 24.6 Å². The molecule has 1 heterocycles. The fourth-order valence-corrected chi connectivity index (χ4v) is 5.38. The summed E-state index contributed by atoms with van der Waals surface area (Å²) in [5.74, 6) is 0. The number of nitrogens with one attached hydrogen (secondary N) is 2. The number of anilines is 1. The molecule has 1 aliphatic rings. The minimum atomic E-state index is -3.33. The van der Waals surface area contributed by atoms with Crippen molar-refractivity contribution in [2.45, 2.75) is 24.7 Å². The van der Waals surface area contributed by atoms with Gasteiger partial charge in [-0.3, -0.25) is 14.9 Å². The number of hydrogen-bond acceptors (Lipinski definition) is 5. The maximum Gasteiger partial charge on any atom is 0.229 e. The van der Waals surface area contributed by atoms with Gasteiger partial charge in [0.1, 0.15) is 0 Å². The predicted molar refractivity (Wildman–Crippen MR) is 128 cm³/mol. The third kappa shape index (κ3) is 4.29. The smallest absolute Gasteiger partial charge is 0.229 e. The van der Waals surface area contributed by atoms with E-state index in [1.165, 1.54) is 11.1 Å². The number of fused-ring (bicyclic) bond motifs is 1. The van der Waals surface area contributed by atoms with E-state index in [4.69, 9.17) is 0 Å². The number of aliphatic hydroxyl groups is 1. The maximum absolute atomic E-state index is 11.6. The molecule has 0 amide bonds. The highest BCUT2D eigenvalue weighted by atomic mass is 32.2. The van der Waals surface area contributed by atoms with Gasteiger partial charge in [0.05, 0.1) is 18.0 Å². The van der Waals surface area contributed by atoms with Crippen LogP contribution in [0.25, 0.3) is 0 Å². The molecule has 0 bridgehead atoms. The molecule has 7 heteroatoms. The third-order valence-electron chi connectivity index (χ3n) is 6.19. The predicted octanol–water partition coefficient (Wildman–Crippen LogP) is 3.42. The maximum atomic E-state index is 11.6. The molecule has 3 aromatic carbocycles. The minimum Gasteiger partial charge on any atom is -0.396 e. The van der Waals surface area contributed by atoms with E-state index < -0.39 is 15.6 Å². The van der Waals surface area contributed by atoms with Crippen molar-refractivity contribution in [2.24, 2.45) is 0 Å². The summed E-state index contributed by atoms with van der Waals surface area (Å²) < 4.78 is 25.7. The monoisotopic (exact) mass is 451 g/mol. The summed E-state index contributed by atoms with van der Waals surface area (Å²) in [6.45, 7) is 0.714. The van der Waals surface area contributed by atoms with Gasteiger partial charge in [-0.15, -0.1) is 0 Å². The molecule has 0 aliphatic carbocycles. The average molecular weight is 452 g/mol. The molecule has 2 atom stereocenters. The van der Waals surface area contributed by atoms with Crippen molar-refractivity contribution < 1.29 is 13.5 Å². The SMILES string of the molecule is CN1C(c2ccc(NS(C)(=O)=O)cc2)NCc2ccccc2C1(CCO)c1ccccc1. The lowest BCUT2D eigenvalue weighted by molar-refractivity contribution is 0.0645. The first-order valence-corrected chi connectivity index (χ1v) is 12.5. The molecule has 0 spiro atoms. The molecule has 0 aromatic heterocycles. The molecule has 0 saturated heterocycles. The molecule has 3 N–H and O–H groups in total. The van der Waals surface area contributed by atoms with Crippen LogP contribution in [0.1, 0.15) is 34.8 Å². The van der Waals surface area contributed by atoms with Crippen molar-refractivity contribution in [3.8, 4) is 0 Å². The molecule has 0 fully saturated rings. The molecule has 2 unspecified atom stereocenters. The average Bonchev–Trinajstić information content (AvgIpc) is 2.90. The Balaban J connectivity index is 1.83.